The monoisotopic (exact) mass is 1620 g/mol. The Kier molecular flexibility index (Phi) is 31.7. The van der Waals surface area contributed by atoms with Gasteiger partial charge in [0.2, 0.25) is 29.5 Å². The maximum absolute atomic E-state index is 15.2. The number of nitrogens with one attached hydrogen (secondary N) is 7. The van der Waals surface area contributed by atoms with Gasteiger partial charge in [0.25, 0.3) is 11.8 Å². The van der Waals surface area contributed by atoms with E-state index in [0.717, 1.165) is 24.7 Å². The first-order valence-corrected chi connectivity index (χ1v) is 38.9. The molecule has 3 aliphatic rings. The lowest BCUT2D eigenvalue weighted by atomic mass is 9.84. The molecule has 0 saturated carbocycles. The lowest BCUT2D eigenvalue weighted by molar-refractivity contribution is -0.372. The minimum Gasteiger partial charge on any atom is -0.441 e. The summed E-state index contributed by atoms with van der Waals surface area (Å²) < 4.78 is 28.7. The number of aliphatic hydroxyl groups is 8. The highest BCUT2D eigenvalue weighted by atomic mass is 32.2. The fourth-order valence-electron chi connectivity index (χ4n) is 11.8. The number of aromatic nitrogens is 6. The first kappa shape index (κ1) is 88.1. The quantitative estimate of drug-likeness (QED) is 0.0130. The summed E-state index contributed by atoms with van der Waals surface area (Å²) in [6.45, 7) is 3.18. The van der Waals surface area contributed by atoms with E-state index < -0.39 is 183 Å². The van der Waals surface area contributed by atoms with E-state index in [1.165, 1.54) is 50.4 Å². The number of thiazole rings is 2. The molecule has 6 heterocycles. The van der Waals surface area contributed by atoms with Gasteiger partial charge in [0.05, 0.1) is 85.2 Å². The van der Waals surface area contributed by atoms with Gasteiger partial charge in [-0.3, -0.25) is 43.2 Å². The van der Waals surface area contributed by atoms with E-state index in [1.54, 1.807) is 59.3 Å². The summed E-state index contributed by atoms with van der Waals surface area (Å²) in [6, 6.07) is 6.06. The number of ketones is 2. The second kappa shape index (κ2) is 40.3. The van der Waals surface area contributed by atoms with Crippen molar-refractivity contribution in [2.24, 2.45) is 28.9 Å². The first-order chi connectivity index (χ1) is 53.1. The molecule has 6 aromatic rings. The number of aliphatic hydroxyl groups excluding tert-OH is 8. The van der Waals surface area contributed by atoms with Gasteiger partial charge in [-0.2, -0.15) is 0 Å². The zero-order valence-electron chi connectivity index (χ0n) is 61.3. The number of amides is 8. The number of rotatable bonds is 35. The predicted octanol–water partition coefficient (Wildman–Crippen LogP) is -5.24. The summed E-state index contributed by atoms with van der Waals surface area (Å²) in [5.41, 5.74) is 30.1. The zero-order valence-corrected chi connectivity index (χ0v) is 63.8. The third-order valence-corrected chi connectivity index (χ3v) is 21.0. The maximum atomic E-state index is 15.2. The van der Waals surface area contributed by atoms with Gasteiger partial charge < -0.3 is 130 Å². The Balaban J connectivity index is 0.000000859. The van der Waals surface area contributed by atoms with E-state index in [1.807, 2.05) is 0 Å². The molecule has 40 nitrogen and oxygen atoms in total. The number of nitrogens with zero attached hydrogens (tertiary/aromatic N) is 5. The fraction of sp³-hybridized carbons (Fsp3) is 0.493. The van der Waals surface area contributed by atoms with Crippen molar-refractivity contribution >= 4 is 98.4 Å². The van der Waals surface area contributed by atoms with E-state index in [0.29, 0.717) is 44.5 Å². The molecular weight excluding hydrogens is 1530 g/mol. The second-order valence-electron chi connectivity index (χ2n) is 26.6. The highest BCUT2D eigenvalue weighted by Crippen LogP contribution is 2.35. The number of nitrogen functional groups attached to an aromatic ring is 1. The Morgan fingerprint density at radius 3 is 1.91 bits per heavy atom. The van der Waals surface area contributed by atoms with Crippen molar-refractivity contribution in [2.75, 3.05) is 56.8 Å². The van der Waals surface area contributed by atoms with Crippen LogP contribution in [0.1, 0.15) is 121 Å². The molecule has 25 N–H and O–H groups in total. The van der Waals surface area contributed by atoms with Crippen molar-refractivity contribution in [3.63, 3.8) is 0 Å². The Morgan fingerprint density at radius 1 is 0.714 bits per heavy atom. The van der Waals surface area contributed by atoms with E-state index >= 15 is 4.79 Å². The molecule has 43 heteroatoms. The summed E-state index contributed by atoms with van der Waals surface area (Å²) in [6.07, 6.45) is -20.0. The Morgan fingerprint density at radius 2 is 1.34 bits per heavy atom. The van der Waals surface area contributed by atoms with Crippen molar-refractivity contribution in [1.29, 1.82) is 0 Å². The Bertz CT molecular complexity index is 4190. The summed E-state index contributed by atoms with van der Waals surface area (Å²) in [5.74, 6) is -7.82. The van der Waals surface area contributed by atoms with Crippen LogP contribution in [0.5, 0.6) is 0 Å². The van der Waals surface area contributed by atoms with Crippen LogP contribution in [-0.4, -0.2) is 279 Å². The summed E-state index contributed by atoms with van der Waals surface area (Å²) in [5, 5.41) is 108. The van der Waals surface area contributed by atoms with E-state index in [9.17, 15) is 84.0 Å². The van der Waals surface area contributed by atoms with Crippen molar-refractivity contribution in [3.8, 4) is 10.7 Å². The van der Waals surface area contributed by atoms with Gasteiger partial charge in [-0.15, -0.1) is 22.7 Å². The van der Waals surface area contributed by atoms with Crippen LogP contribution in [-0.2, 0) is 65.0 Å². The molecule has 0 bridgehead atoms. The van der Waals surface area contributed by atoms with Crippen LogP contribution < -0.4 is 60.6 Å². The van der Waals surface area contributed by atoms with Crippen molar-refractivity contribution in [1.82, 2.24) is 61.8 Å². The Hall–Kier alpha value is -9.52. The lowest BCUT2D eigenvalue weighted by Crippen LogP contribution is -2.65. The fourth-order valence-corrected chi connectivity index (χ4v) is 14.2. The normalized spacial score (nSPS) is 22.5. The number of hydrogen-bond acceptors (Lipinski definition) is 33. The molecular formula is C69H92N17O23S3+. The van der Waals surface area contributed by atoms with E-state index in [4.69, 9.17) is 52.4 Å². The van der Waals surface area contributed by atoms with Gasteiger partial charge in [0.15, 0.2) is 30.3 Å². The Labute approximate surface area is 650 Å². The number of ether oxygens (including phenoxy) is 5. The number of carbonyl (C=O) groups is 10. The van der Waals surface area contributed by atoms with Crippen LogP contribution in [0, 0.1) is 12.8 Å². The van der Waals surface area contributed by atoms with Crippen molar-refractivity contribution in [3.05, 3.63) is 128 Å². The number of imidazole rings is 1. The van der Waals surface area contributed by atoms with Gasteiger partial charge in [-0.1, -0.05) is 55.5 Å². The van der Waals surface area contributed by atoms with Crippen LogP contribution in [0.25, 0.3) is 10.7 Å². The minimum atomic E-state index is -2.20. The van der Waals surface area contributed by atoms with Crippen LogP contribution in [0.15, 0.2) is 71.8 Å². The van der Waals surface area contributed by atoms with Gasteiger partial charge >= 0.3 is 6.09 Å². The molecule has 2 saturated heterocycles. The van der Waals surface area contributed by atoms with Crippen LogP contribution in [0.4, 0.5) is 10.6 Å². The average Bonchev–Trinajstić information content (AvgIpc) is 1.31. The van der Waals surface area contributed by atoms with Gasteiger partial charge in [0, 0.05) is 77.5 Å². The van der Waals surface area contributed by atoms with Gasteiger partial charge in [-0.25, -0.2) is 29.7 Å². The largest absolute Gasteiger partial charge is 0.441 e. The first-order valence-electron chi connectivity index (χ1n) is 34.9. The molecule has 1 aliphatic carbocycles. The molecule has 4 aromatic heterocycles. The zero-order chi connectivity index (χ0) is 82.1. The third-order valence-electron chi connectivity index (χ3n) is 18.1. The molecule has 0 spiro atoms. The molecule has 2 aliphatic heterocycles. The molecule has 2 aromatic carbocycles. The number of anilines is 1. The molecule has 8 amide bonds. The average molecular weight is 1620 g/mol. The van der Waals surface area contributed by atoms with E-state index in [-0.39, 0.29) is 76.5 Å². The number of fused-ring (bicyclic) bond motifs is 2. The smallest absolute Gasteiger partial charge is 0.404 e. The van der Waals surface area contributed by atoms with Gasteiger partial charge in [-0.05, 0) is 31.7 Å². The molecule has 0 radical (unpaired) electrons. The van der Waals surface area contributed by atoms with Crippen LogP contribution in [0.2, 0.25) is 0 Å². The number of hydrogen-bond donors (Lipinski definition) is 20. The van der Waals surface area contributed by atoms with E-state index in [2.05, 4.69) is 74.3 Å². The van der Waals surface area contributed by atoms with Crippen molar-refractivity contribution in [2.45, 2.75) is 157 Å². The number of primary amides is 3. The summed E-state index contributed by atoms with van der Waals surface area (Å²) in [4.78, 5) is 155. The number of benzene rings is 2. The number of carbonyl (C=O) groups excluding carboxylic acids is 10. The topological polar surface area (TPSA) is 661 Å². The SMILES string of the molecule is Cc1c(N)nc([C@H](CC(N)=O)NC[C@H](N)C(N)=O)nc1C(=O)N[C@H](C(=O)N[C@H](C)[C@@H](O)[C@H](C)C(=O)N[C@H](C(=O)NCCc1nc(-c2nc(C(=O)NCCC[S+](C)C)cs2)cs1)[C@@H](C)O)[C@@H](O[C@@H]1O[C@@H](CO)[C@H](O)[C@@H](O)[C@@H]1O[C@@H]1O[C@@H](CO)[C@H](O)[C@@H](OC(N)=O)[C@@H]1O)c1cnc[nH]1.O=C1c2ccccc2C(=O)c2ccccc21. The summed E-state index contributed by atoms with van der Waals surface area (Å²) in [7, 11) is 0.254. The number of nitrogens with two attached hydrogens (primary N) is 5. The third kappa shape index (κ3) is 22.2. The van der Waals surface area contributed by atoms with Crippen LogP contribution >= 0.6 is 22.7 Å². The number of H-pyrrole nitrogens is 1. The standard InChI is InChI=1S/C55H83N17O21S3.C14H8O2/c1-20-33(69-46(72-44(20)58)25(12-31(57)76)64-13-24(56)45(59)82)50(86)71-35(41(26-14-61-19-65-26)91-54-43(39(80)37(78)29(15-73)90-54)92-53-40(81)42(93-55(60)88)38(79)30(16-74)89-53)51(87)66-22(3)36(77)21(2)47(83)70-34(23(4)75)49(85)63-10-8-32-67-28(18-94-32)52-68-27(17-95-52)48(84)62-9-7-11-96(5)6;15-13-9-5-1-2-6-10(9)14(16)12-8-4-3-7-11(12)13/h14,17-19,21-25,29-30,34-43,53-54,64,73-75,77-81H,7-13,15-16,56H2,1-6H3,(H13-,57,58,59,60,61,62,63,65,66,69,70,71,72,76,82,83,84,85,86,87,88);1-8H/p+1/t21-,22+,23+,24-,25-,29-,30-,34-,35-,36-,37-,38-,39+,40-,41-,42+,43-,53-,54-;/m0./s1. The van der Waals surface area contributed by atoms with Gasteiger partial charge in [0.1, 0.15) is 100 Å². The maximum Gasteiger partial charge on any atom is 0.404 e. The molecule has 0 unspecified atom stereocenters. The second-order valence-corrected chi connectivity index (χ2v) is 30.7. The highest BCUT2D eigenvalue weighted by Gasteiger charge is 2.54. The minimum absolute atomic E-state index is 0.00498. The molecule has 112 heavy (non-hydrogen) atoms. The molecule has 608 valence electrons. The summed E-state index contributed by atoms with van der Waals surface area (Å²) >= 11 is 2.52. The highest BCUT2D eigenvalue weighted by molar-refractivity contribution is 7.95. The predicted molar refractivity (Wildman–Crippen MR) is 399 cm³/mol. The molecule has 19 atom stereocenters. The molecule has 9 rings (SSSR count). The lowest BCUT2D eigenvalue weighted by Gasteiger charge is -2.47. The van der Waals surface area contributed by atoms with Crippen molar-refractivity contribution < 1.29 is 112 Å². The number of aromatic amines is 1. The molecule has 2 fully saturated rings. The van der Waals surface area contributed by atoms with Crippen LogP contribution in [0.3, 0.4) is 0 Å².